The van der Waals surface area contributed by atoms with Gasteiger partial charge in [0.2, 0.25) is 5.95 Å². The van der Waals surface area contributed by atoms with Crippen molar-refractivity contribution in [3.8, 4) is 17.1 Å². The third-order valence-electron chi connectivity index (χ3n) is 5.72. The van der Waals surface area contributed by atoms with Gasteiger partial charge in [0.1, 0.15) is 11.8 Å². The molecule has 8 heteroatoms. The van der Waals surface area contributed by atoms with Gasteiger partial charge in [0.25, 0.3) is 5.91 Å². The van der Waals surface area contributed by atoms with Crippen LogP contribution in [0.2, 0.25) is 5.02 Å². The van der Waals surface area contributed by atoms with Gasteiger partial charge in [-0.15, -0.1) is 5.10 Å². The van der Waals surface area contributed by atoms with Crippen molar-refractivity contribution in [1.29, 1.82) is 0 Å². The second-order valence-electron chi connectivity index (χ2n) is 8.10. The number of rotatable bonds is 6. The molecule has 1 atom stereocenters. The smallest absolute Gasteiger partial charge is 0.255 e. The standard InChI is InChI=1S/C27H24ClN5O2/c1-3-35-22-14-12-18(13-15-22)24-23(26(34)30-21-10-5-4-6-11-21)17(2)29-27-31-25(32-33(24)27)19-8-7-9-20(28)16-19/h4-16,24H,3H2,1-2H3,(H,30,34)(H,29,31,32). The fraction of sp³-hybridized carbons (Fsp3) is 0.148. The first-order chi connectivity index (χ1) is 17.0. The van der Waals surface area contributed by atoms with Crippen molar-refractivity contribution in [3.05, 3.63) is 101 Å². The molecule has 0 fully saturated rings. The SMILES string of the molecule is CCOc1ccc(C2C(C(=O)Nc3ccccc3)=C(C)Nc3nc(-c4cccc(Cl)c4)nn32)cc1. The molecule has 3 aromatic carbocycles. The minimum absolute atomic E-state index is 0.217. The summed E-state index contributed by atoms with van der Waals surface area (Å²) in [6.45, 7) is 4.39. The molecular formula is C27H24ClN5O2. The number of carbonyl (C=O) groups excluding carboxylic acids is 1. The number of carbonyl (C=O) groups is 1. The molecule has 35 heavy (non-hydrogen) atoms. The van der Waals surface area contributed by atoms with Crippen molar-refractivity contribution in [3.63, 3.8) is 0 Å². The van der Waals surface area contributed by atoms with Gasteiger partial charge in [0.05, 0.1) is 12.2 Å². The lowest BCUT2D eigenvalue weighted by atomic mass is 9.95. The summed E-state index contributed by atoms with van der Waals surface area (Å²) >= 11 is 6.20. The zero-order chi connectivity index (χ0) is 24.4. The molecule has 0 saturated heterocycles. The van der Waals surface area contributed by atoms with Gasteiger partial charge in [-0.1, -0.05) is 54.1 Å². The molecule has 1 aliphatic rings. The summed E-state index contributed by atoms with van der Waals surface area (Å²) in [5, 5.41) is 11.7. The minimum atomic E-state index is -0.494. The Kier molecular flexibility index (Phi) is 6.25. The summed E-state index contributed by atoms with van der Waals surface area (Å²) in [4.78, 5) is 18.3. The van der Waals surface area contributed by atoms with Gasteiger partial charge in [-0.25, -0.2) is 4.68 Å². The highest BCUT2D eigenvalue weighted by atomic mass is 35.5. The van der Waals surface area contributed by atoms with Crippen LogP contribution < -0.4 is 15.4 Å². The third kappa shape index (κ3) is 4.63. The van der Waals surface area contributed by atoms with Crippen molar-refractivity contribution in [2.75, 3.05) is 17.2 Å². The van der Waals surface area contributed by atoms with Crippen LogP contribution in [-0.4, -0.2) is 27.3 Å². The van der Waals surface area contributed by atoms with E-state index in [9.17, 15) is 4.79 Å². The normalized spacial score (nSPS) is 14.8. The lowest BCUT2D eigenvalue weighted by Crippen LogP contribution is -2.31. The highest BCUT2D eigenvalue weighted by Gasteiger charge is 2.34. The number of para-hydroxylation sites is 1. The van der Waals surface area contributed by atoms with E-state index in [1.165, 1.54) is 0 Å². The van der Waals surface area contributed by atoms with Crippen molar-refractivity contribution in [2.24, 2.45) is 0 Å². The fourth-order valence-corrected chi connectivity index (χ4v) is 4.33. The predicted molar refractivity (Wildman–Crippen MR) is 138 cm³/mol. The molecule has 0 saturated carbocycles. The maximum atomic E-state index is 13.5. The maximum absolute atomic E-state index is 13.5. The molecule has 2 N–H and O–H groups in total. The third-order valence-corrected chi connectivity index (χ3v) is 5.95. The summed E-state index contributed by atoms with van der Waals surface area (Å²) in [5.41, 5.74) is 3.64. The van der Waals surface area contributed by atoms with Crippen LogP contribution in [0.15, 0.2) is 90.1 Å². The van der Waals surface area contributed by atoms with E-state index in [-0.39, 0.29) is 5.91 Å². The highest BCUT2D eigenvalue weighted by molar-refractivity contribution is 6.30. The van der Waals surface area contributed by atoms with E-state index in [0.717, 1.165) is 16.9 Å². The average molecular weight is 486 g/mol. The quantitative estimate of drug-likeness (QED) is 0.354. The Hall–Kier alpha value is -4.10. The molecule has 176 valence electrons. The Labute approximate surface area is 208 Å². The Morgan fingerprint density at radius 2 is 1.86 bits per heavy atom. The monoisotopic (exact) mass is 485 g/mol. The Bertz CT molecular complexity index is 1400. The number of amides is 1. The van der Waals surface area contributed by atoms with Crippen LogP contribution in [0.25, 0.3) is 11.4 Å². The van der Waals surface area contributed by atoms with Gasteiger partial charge in [0.15, 0.2) is 5.82 Å². The van der Waals surface area contributed by atoms with Crippen LogP contribution in [0, 0.1) is 0 Å². The van der Waals surface area contributed by atoms with Gasteiger partial charge in [0, 0.05) is 22.0 Å². The largest absolute Gasteiger partial charge is 0.494 e. The van der Waals surface area contributed by atoms with Gasteiger partial charge in [-0.3, -0.25) is 4.79 Å². The van der Waals surface area contributed by atoms with E-state index in [1.807, 2.05) is 86.6 Å². The van der Waals surface area contributed by atoms with Crippen LogP contribution in [0.1, 0.15) is 25.5 Å². The van der Waals surface area contributed by atoms with Crippen LogP contribution in [-0.2, 0) is 4.79 Å². The van der Waals surface area contributed by atoms with E-state index in [4.69, 9.17) is 26.4 Å². The summed E-state index contributed by atoms with van der Waals surface area (Å²) < 4.78 is 7.36. The number of nitrogens with one attached hydrogen (secondary N) is 2. The van der Waals surface area contributed by atoms with Gasteiger partial charge in [-0.2, -0.15) is 4.98 Å². The molecule has 1 aromatic heterocycles. The highest BCUT2D eigenvalue weighted by Crippen LogP contribution is 2.37. The number of hydrogen-bond acceptors (Lipinski definition) is 5. The number of fused-ring (bicyclic) bond motifs is 1. The number of benzene rings is 3. The predicted octanol–water partition coefficient (Wildman–Crippen LogP) is 5.92. The lowest BCUT2D eigenvalue weighted by Gasteiger charge is -2.28. The molecule has 0 aliphatic carbocycles. The Balaban J connectivity index is 1.59. The zero-order valence-electron chi connectivity index (χ0n) is 19.3. The number of allylic oxidation sites excluding steroid dienone is 1. The first kappa shape index (κ1) is 22.7. The van der Waals surface area contributed by atoms with Crippen molar-refractivity contribution in [2.45, 2.75) is 19.9 Å². The number of nitrogens with zero attached hydrogens (tertiary/aromatic N) is 3. The Morgan fingerprint density at radius 1 is 1.09 bits per heavy atom. The number of anilines is 2. The van der Waals surface area contributed by atoms with Crippen LogP contribution >= 0.6 is 11.6 Å². The fourth-order valence-electron chi connectivity index (χ4n) is 4.14. The second-order valence-corrected chi connectivity index (χ2v) is 8.54. The molecule has 5 rings (SSSR count). The van der Waals surface area contributed by atoms with E-state index in [0.29, 0.717) is 40.4 Å². The van der Waals surface area contributed by atoms with Crippen molar-refractivity contribution in [1.82, 2.24) is 14.8 Å². The zero-order valence-corrected chi connectivity index (χ0v) is 20.1. The molecule has 0 spiro atoms. The van der Waals surface area contributed by atoms with Crippen LogP contribution in [0.4, 0.5) is 11.6 Å². The molecule has 1 unspecified atom stereocenters. The van der Waals surface area contributed by atoms with Crippen LogP contribution in [0.3, 0.4) is 0 Å². The lowest BCUT2D eigenvalue weighted by molar-refractivity contribution is -0.113. The van der Waals surface area contributed by atoms with E-state index < -0.39 is 6.04 Å². The molecule has 0 bridgehead atoms. The Morgan fingerprint density at radius 3 is 2.57 bits per heavy atom. The first-order valence-electron chi connectivity index (χ1n) is 11.3. The molecule has 2 heterocycles. The topological polar surface area (TPSA) is 81.1 Å². The van der Waals surface area contributed by atoms with Crippen molar-refractivity contribution >= 4 is 29.1 Å². The van der Waals surface area contributed by atoms with Gasteiger partial charge < -0.3 is 15.4 Å². The maximum Gasteiger partial charge on any atom is 0.255 e. The van der Waals surface area contributed by atoms with E-state index >= 15 is 0 Å². The summed E-state index contributed by atoms with van der Waals surface area (Å²) in [5.74, 6) is 1.61. The molecular weight excluding hydrogens is 462 g/mol. The molecule has 7 nitrogen and oxygen atoms in total. The first-order valence-corrected chi connectivity index (χ1v) is 11.7. The second kappa shape index (κ2) is 9.64. The molecule has 0 radical (unpaired) electrons. The average Bonchev–Trinajstić information content (AvgIpc) is 3.28. The van der Waals surface area contributed by atoms with E-state index in [1.54, 1.807) is 10.7 Å². The summed E-state index contributed by atoms with van der Waals surface area (Å²) in [7, 11) is 0. The van der Waals surface area contributed by atoms with Gasteiger partial charge >= 0.3 is 0 Å². The summed E-state index contributed by atoms with van der Waals surface area (Å²) in [6.07, 6.45) is 0. The number of hydrogen-bond donors (Lipinski definition) is 2. The van der Waals surface area contributed by atoms with Crippen molar-refractivity contribution < 1.29 is 9.53 Å². The summed E-state index contributed by atoms with van der Waals surface area (Å²) in [6, 6.07) is 24.0. The molecule has 1 amide bonds. The number of halogens is 1. The number of ether oxygens (including phenoxy) is 1. The van der Waals surface area contributed by atoms with Crippen LogP contribution in [0.5, 0.6) is 5.75 Å². The minimum Gasteiger partial charge on any atom is -0.494 e. The molecule has 1 aliphatic heterocycles. The molecule has 4 aromatic rings. The number of aromatic nitrogens is 3. The van der Waals surface area contributed by atoms with E-state index in [2.05, 4.69) is 10.6 Å². The van der Waals surface area contributed by atoms with Gasteiger partial charge in [-0.05, 0) is 55.8 Å².